The molecule has 7 heteroatoms. The Morgan fingerprint density at radius 2 is 2.08 bits per heavy atom. The minimum Gasteiger partial charge on any atom is -0.372 e. The topological polar surface area (TPSA) is 36.4 Å². The predicted molar refractivity (Wildman–Crippen MR) is 85.8 cm³/mol. The van der Waals surface area contributed by atoms with Crippen molar-refractivity contribution in [1.82, 2.24) is 9.88 Å². The van der Waals surface area contributed by atoms with Gasteiger partial charge in [-0.05, 0) is 24.6 Å². The molecule has 0 unspecified atom stereocenters. The Labute approximate surface area is 137 Å². The molecule has 3 rings (SSSR count). The van der Waals surface area contributed by atoms with E-state index in [0.717, 1.165) is 30.8 Å². The lowest BCUT2D eigenvalue weighted by molar-refractivity contribution is -0.137. The second-order valence-corrected chi connectivity index (χ2v) is 5.97. The van der Waals surface area contributed by atoms with Gasteiger partial charge in [-0.1, -0.05) is 6.07 Å². The fourth-order valence-electron chi connectivity index (χ4n) is 2.97. The van der Waals surface area contributed by atoms with Gasteiger partial charge in [0.05, 0.1) is 11.1 Å². The van der Waals surface area contributed by atoms with Crippen molar-refractivity contribution in [3.63, 3.8) is 0 Å². The molecule has 2 aromatic rings. The van der Waals surface area contributed by atoms with Crippen LogP contribution in [0.15, 0.2) is 30.5 Å². The second kappa shape index (κ2) is 6.30. The third-order valence-corrected chi connectivity index (χ3v) is 4.33. The summed E-state index contributed by atoms with van der Waals surface area (Å²) in [6.45, 7) is 2.00. The van der Waals surface area contributed by atoms with Crippen LogP contribution in [0.4, 0.5) is 18.9 Å². The minimum absolute atomic E-state index is 0.165. The maximum Gasteiger partial charge on any atom is 0.416 e. The van der Waals surface area contributed by atoms with E-state index in [2.05, 4.69) is 4.98 Å². The SMILES string of the molecule is CN(CCN1CCCC1=O)c1ccnc2cc(C(F)(F)F)ccc12. The molecule has 1 fully saturated rings. The van der Waals surface area contributed by atoms with Crippen LogP contribution in [0.1, 0.15) is 18.4 Å². The van der Waals surface area contributed by atoms with Crippen molar-refractivity contribution in [3.05, 3.63) is 36.0 Å². The number of hydrogen-bond acceptors (Lipinski definition) is 3. The average molecular weight is 337 g/mol. The summed E-state index contributed by atoms with van der Waals surface area (Å²) in [6, 6.07) is 5.38. The Kier molecular flexibility index (Phi) is 4.34. The van der Waals surface area contributed by atoms with Crippen LogP contribution in [0.3, 0.4) is 0 Å². The molecule has 0 aliphatic carbocycles. The lowest BCUT2D eigenvalue weighted by Crippen LogP contribution is -2.34. The van der Waals surface area contributed by atoms with Crippen molar-refractivity contribution in [2.45, 2.75) is 19.0 Å². The van der Waals surface area contributed by atoms with Gasteiger partial charge in [0, 0.05) is 50.4 Å². The summed E-state index contributed by atoms with van der Waals surface area (Å²) < 4.78 is 38.5. The monoisotopic (exact) mass is 337 g/mol. The van der Waals surface area contributed by atoms with Crippen molar-refractivity contribution in [2.75, 3.05) is 31.6 Å². The first-order valence-corrected chi connectivity index (χ1v) is 7.81. The van der Waals surface area contributed by atoms with Crippen LogP contribution in [0.5, 0.6) is 0 Å². The molecule has 2 heterocycles. The molecule has 1 aliphatic heterocycles. The molecule has 4 nitrogen and oxygen atoms in total. The summed E-state index contributed by atoms with van der Waals surface area (Å²) in [5.41, 5.74) is 0.414. The highest BCUT2D eigenvalue weighted by atomic mass is 19.4. The number of carbonyl (C=O) groups excluding carboxylic acids is 1. The number of carbonyl (C=O) groups is 1. The summed E-state index contributed by atoms with van der Waals surface area (Å²) >= 11 is 0. The number of likely N-dealkylation sites (N-methyl/N-ethyl adjacent to an activating group) is 1. The Morgan fingerprint density at radius 1 is 1.29 bits per heavy atom. The molecule has 0 spiro atoms. The Bertz CT molecular complexity index is 760. The predicted octanol–water partition coefficient (Wildman–Crippen LogP) is 3.31. The van der Waals surface area contributed by atoms with Gasteiger partial charge in [0.2, 0.25) is 5.91 Å². The highest BCUT2D eigenvalue weighted by Gasteiger charge is 2.30. The van der Waals surface area contributed by atoms with Crippen LogP contribution < -0.4 is 4.90 Å². The second-order valence-electron chi connectivity index (χ2n) is 5.97. The van der Waals surface area contributed by atoms with Gasteiger partial charge >= 0.3 is 6.18 Å². The normalized spacial score (nSPS) is 15.3. The fourth-order valence-corrected chi connectivity index (χ4v) is 2.97. The number of likely N-dealkylation sites (tertiary alicyclic amines) is 1. The molecule has 24 heavy (non-hydrogen) atoms. The van der Waals surface area contributed by atoms with Crippen molar-refractivity contribution >= 4 is 22.5 Å². The molecule has 128 valence electrons. The zero-order valence-corrected chi connectivity index (χ0v) is 13.3. The number of halogens is 3. The lowest BCUT2D eigenvalue weighted by Gasteiger charge is -2.24. The van der Waals surface area contributed by atoms with E-state index in [0.29, 0.717) is 30.4 Å². The first kappa shape index (κ1) is 16.5. The number of amides is 1. The zero-order valence-electron chi connectivity index (χ0n) is 13.3. The molecule has 1 amide bonds. The summed E-state index contributed by atoms with van der Waals surface area (Å²) in [6.07, 6.45) is -1.38. The van der Waals surface area contributed by atoms with Crippen LogP contribution in [-0.4, -0.2) is 42.5 Å². The molecule has 0 atom stereocenters. The number of fused-ring (bicyclic) bond motifs is 1. The van der Waals surface area contributed by atoms with E-state index in [9.17, 15) is 18.0 Å². The van der Waals surface area contributed by atoms with E-state index in [1.54, 1.807) is 6.07 Å². The lowest BCUT2D eigenvalue weighted by atomic mass is 10.1. The third kappa shape index (κ3) is 3.29. The number of alkyl halides is 3. The van der Waals surface area contributed by atoms with E-state index in [1.807, 2.05) is 16.8 Å². The van der Waals surface area contributed by atoms with Gasteiger partial charge in [0.15, 0.2) is 0 Å². The Hall–Kier alpha value is -2.31. The van der Waals surface area contributed by atoms with Crippen LogP contribution in [0.2, 0.25) is 0 Å². The Balaban J connectivity index is 1.82. The van der Waals surface area contributed by atoms with E-state index in [1.165, 1.54) is 12.3 Å². The number of benzene rings is 1. The van der Waals surface area contributed by atoms with Gasteiger partial charge < -0.3 is 9.80 Å². The Morgan fingerprint density at radius 3 is 2.75 bits per heavy atom. The van der Waals surface area contributed by atoms with Gasteiger partial charge in [0.1, 0.15) is 0 Å². The van der Waals surface area contributed by atoms with E-state index in [4.69, 9.17) is 0 Å². The van der Waals surface area contributed by atoms with E-state index < -0.39 is 11.7 Å². The van der Waals surface area contributed by atoms with E-state index in [-0.39, 0.29) is 5.91 Å². The molecular formula is C17H18F3N3O. The highest BCUT2D eigenvalue weighted by molar-refractivity contribution is 5.92. The van der Waals surface area contributed by atoms with Crippen molar-refractivity contribution in [3.8, 4) is 0 Å². The number of nitrogens with zero attached hydrogens (tertiary/aromatic N) is 3. The quantitative estimate of drug-likeness (QED) is 0.859. The highest BCUT2D eigenvalue weighted by Crippen LogP contribution is 2.33. The third-order valence-electron chi connectivity index (χ3n) is 4.33. The maximum atomic E-state index is 12.8. The number of anilines is 1. The van der Waals surface area contributed by atoms with Gasteiger partial charge in [0.25, 0.3) is 0 Å². The average Bonchev–Trinajstić information content (AvgIpc) is 2.95. The van der Waals surface area contributed by atoms with Crippen molar-refractivity contribution in [1.29, 1.82) is 0 Å². The van der Waals surface area contributed by atoms with Crippen LogP contribution in [0.25, 0.3) is 10.9 Å². The van der Waals surface area contributed by atoms with Gasteiger partial charge in [-0.15, -0.1) is 0 Å². The smallest absolute Gasteiger partial charge is 0.372 e. The zero-order chi connectivity index (χ0) is 17.3. The summed E-state index contributed by atoms with van der Waals surface area (Å²) in [5, 5.41) is 0.667. The standard InChI is InChI=1S/C17H18F3N3O/c1-22(9-10-23-8-2-3-16(23)24)15-6-7-21-14-11-12(17(18,19)20)4-5-13(14)15/h4-7,11H,2-3,8-10H2,1H3. The molecule has 1 aromatic carbocycles. The molecule has 0 saturated carbocycles. The van der Waals surface area contributed by atoms with Crippen molar-refractivity contribution in [2.24, 2.45) is 0 Å². The first-order chi connectivity index (χ1) is 11.4. The minimum atomic E-state index is -4.38. The number of hydrogen-bond donors (Lipinski definition) is 0. The molecule has 0 bridgehead atoms. The van der Waals surface area contributed by atoms with Crippen LogP contribution in [-0.2, 0) is 11.0 Å². The molecular weight excluding hydrogens is 319 g/mol. The maximum absolute atomic E-state index is 12.8. The summed E-state index contributed by atoms with van der Waals surface area (Å²) in [4.78, 5) is 19.5. The molecule has 0 radical (unpaired) electrons. The largest absolute Gasteiger partial charge is 0.416 e. The van der Waals surface area contributed by atoms with Gasteiger partial charge in [-0.25, -0.2) is 0 Å². The number of pyridine rings is 1. The molecule has 0 N–H and O–H groups in total. The van der Waals surface area contributed by atoms with Gasteiger partial charge in [-0.3, -0.25) is 9.78 Å². The summed E-state index contributed by atoms with van der Waals surface area (Å²) in [7, 11) is 1.87. The van der Waals surface area contributed by atoms with E-state index >= 15 is 0 Å². The first-order valence-electron chi connectivity index (χ1n) is 7.81. The number of rotatable bonds is 4. The molecule has 1 aromatic heterocycles. The van der Waals surface area contributed by atoms with Crippen LogP contribution >= 0.6 is 0 Å². The molecule has 1 saturated heterocycles. The number of aromatic nitrogens is 1. The van der Waals surface area contributed by atoms with Crippen molar-refractivity contribution < 1.29 is 18.0 Å². The fraction of sp³-hybridized carbons (Fsp3) is 0.412. The molecule has 1 aliphatic rings. The summed E-state index contributed by atoms with van der Waals surface area (Å²) in [5.74, 6) is 0.165. The van der Waals surface area contributed by atoms with Crippen LogP contribution in [0, 0.1) is 0 Å². The van der Waals surface area contributed by atoms with Gasteiger partial charge in [-0.2, -0.15) is 13.2 Å².